The van der Waals surface area contributed by atoms with E-state index in [0.717, 1.165) is 12.8 Å². The Morgan fingerprint density at radius 2 is 2.15 bits per heavy atom. The van der Waals surface area contributed by atoms with Crippen molar-refractivity contribution < 1.29 is 19.0 Å². The third kappa shape index (κ3) is 6.41. The summed E-state index contributed by atoms with van der Waals surface area (Å²) in [6.07, 6.45) is 7.90. The average Bonchev–Trinajstić information content (AvgIpc) is 2.84. The molecule has 0 saturated carbocycles. The molecule has 1 fully saturated rings. The van der Waals surface area contributed by atoms with E-state index in [1.54, 1.807) is 36.7 Å². The van der Waals surface area contributed by atoms with Crippen LogP contribution in [-0.4, -0.2) is 42.3 Å². The normalized spacial score (nSPS) is 14.5. The number of aromatic nitrogens is 2. The van der Waals surface area contributed by atoms with Crippen LogP contribution in [-0.2, 0) is 14.3 Å². The van der Waals surface area contributed by atoms with Crippen LogP contribution in [0.5, 0.6) is 5.75 Å². The lowest BCUT2D eigenvalue weighted by Crippen LogP contribution is -2.26. The Morgan fingerprint density at radius 1 is 1.36 bits per heavy atom. The zero-order valence-corrected chi connectivity index (χ0v) is 18.3. The predicted octanol–water partition coefficient (Wildman–Crippen LogP) is 3.07. The standard InChI is InChI=1S/C24H25N5O4/c1-16(31-2)20(23(26)30)4-3-10-27-22-7-11-28-24(29-22)17-5-6-21(18(14-17)15-25)33-19-8-12-32-13-9-19/h3-7,10-11,14,19H,1,8-9,12-13H2,2H3,(H2,26,30)(H,27,28,29)/b10-3+,20-4+. The lowest BCUT2D eigenvalue weighted by molar-refractivity contribution is -0.114. The number of anilines is 1. The zero-order valence-electron chi connectivity index (χ0n) is 18.3. The molecule has 1 aromatic heterocycles. The number of nitrogens with two attached hydrogens (primary N) is 1. The Morgan fingerprint density at radius 3 is 2.85 bits per heavy atom. The van der Waals surface area contributed by atoms with Gasteiger partial charge in [0.05, 0.1) is 31.5 Å². The van der Waals surface area contributed by atoms with E-state index in [1.165, 1.54) is 13.2 Å². The van der Waals surface area contributed by atoms with Crippen molar-refractivity contribution in [2.45, 2.75) is 18.9 Å². The first kappa shape index (κ1) is 23.5. The van der Waals surface area contributed by atoms with Gasteiger partial charge in [0.2, 0.25) is 0 Å². The molecular weight excluding hydrogens is 422 g/mol. The van der Waals surface area contributed by atoms with E-state index in [1.807, 2.05) is 6.07 Å². The maximum atomic E-state index is 11.5. The number of nitrogens with zero attached hydrogens (tertiary/aromatic N) is 3. The van der Waals surface area contributed by atoms with Crippen molar-refractivity contribution in [2.24, 2.45) is 5.73 Å². The van der Waals surface area contributed by atoms with Crippen LogP contribution in [0.1, 0.15) is 18.4 Å². The molecule has 9 nitrogen and oxygen atoms in total. The summed E-state index contributed by atoms with van der Waals surface area (Å²) in [6, 6.07) is 9.18. The molecule has 2 aromatic rings. The van der Waals surface area contributed by atoms with Gasteiger partial charge in [-0.2, -0.15) is 5.26 Å². The Labute approximate surface area is 192 Å². The fourth-order valence-electron chi connectivity index (χ4n) is 3.11. The molecule has 0 spiro atoms. The minimum Gasteiger partial charge on any atom is -0.497 e. The van der Waals surface area contributed by atoms with Crippen LogP contribution < -0.4 is 15.8 Å². The molecule has 1 aliphatic rings. The first-order valence-corrected chi connectivity index (χ1v) is 10.3. The van der Waals surface area contributed by atoms with Gasteiger partial charge < -0.3 is 25.3 Å². The highest BCUT2D eigenvalue weighted by Crippen LogP contribution is 2.27. The monoisotopic (exact) mass is 447 g/mol. The minimum atomic E-state index is -0.645. The summed E-state index contributed by atoms with van der Waals surface area (Å²) >= 11 is 0. The molecule has 0 bridgehead atoms. The molecule has 2 heterocycles. The quantitative estimate of drug-likeness (QED) is 0.340. The van der Waals surface area contributed by atoms with Gasteiger partial charge in [0.1, 0.15) is 29.5 Å². The maximum absolute atomic E-state index is 11.5. The molecule has 1 amide bonds. The van der Waals surface area contributed by atoms with Crippen LogP contribution in [0, 0.1) is 11.3 Å². The molecule has 170 valence electrons. The van der Waals surface area contributed by atoms with Crippen molar-refractivity contribution in [3.8, 4) is 23.2 Å². The summed E-state index contributed by atoms with van der Waals surface area (Å²) in [6.45, 7) is 4.95. The molecule has 1 aromatic carbocycles. The van der Waals surface area contributed by atoms with Crippen molar-refractivity contribution in [1.82, 2.24) is 9.97 Å². The maximum Gasteiger partial charge on any atom is 0.252 e. The van der Waals surface area contributed by atoms with Gasteiger partial charge in [-0.25, -0.2) is 9.97 Å². The Balaban J connectivity index is 1.73. The molecule has 3 N–H and O–H groups in total. The summed E-state index contributed by atoms with van der Waals surface area (Å²) in [5, 5.41) is 12.6. The molecule has 1 aliphatic heterocycles. The van der Waals surface area contributed by atoms with Gasteiger partial charge in [-0.05, 0) is 36.4 Å². The number of ether oxygens (including phenoxy) is 3. The number of primary amides is 1. The Bertz CT molecular complexity index is 1110. The second-order valence-electron chi connectivity index (χ2n) is 7.09. The number of carbonyl (C=O) groups is 1. The fourth-order valence-corrected chi connectivity index (χ4v) is 3.11. The first-order chi connectivity index (χ1) is 16.0. The number of nitrogens with one attached hydrogen (secondary N) is 1. The van der Waals surface area contributed by atoms with Crippen LogP contribution in [0.25, 0.3) is 11.4 Å². The molecule has 3 rings (SSSR count). The number of nitriles is 1. The van der Waals surface area contributed by atoms with E-state index in [4.69, 9.17) is 19.9 Å². The lowest BCUT2D eigenvalue weighted by Gasteiger charge is -2.23. The molecule has 0 atom stereocenters. The highest BCUT2D eigenvalue weighted by atomic mass is 16.5. The summed E-state index contributed by atoms with van der Waals surface area (Å²) in [5.74, 6) is 1.04. The number of hydrogen-bond donors (Lipinski definition) is 2. The second kappa shape index (κ2) is 11.5. The van der Waals surface area contributed by atoms with E-state index in [2.05, 4.69) is 27.9 Å². The predicted molar refractivity (Wildman–Crippen MR) is 123 cm³/mol. The van der Waals surface area contributed by atoms with E-state index < -0.39 is 5.91 Å². The van der Waals surface area contributed by atoms with Gasteiger partial charge in [0, 0.05) is 30.8 Å². The lowest BCUT2D eigenvalue weighted by atomic mass is 10.1. The smallest absolute Gasteiger partial charge is 0.252 e. The molecule has 0 unspecified atom stereocenters. The topological polar surface area (TPSA) is 132 Å². The number of methoxy groups -OCH3 is 1. The summed E-state index contributed by atoms with van der Waals surface area (Å²) in [4.78, 5) is 20.2. The Hall–Kier alpha value is -4.16. The summed E-state index contributed by atoms with van der Waals surface area (Å²) in [5.41, 5.74) is 6.58. The zero-order chi connectivity index (χ0) is 23.6. The van der Waals surface area contributed by atoms with E-state index >= 15 is 0 Å². The fraction of sp³-hybridized carbons (Fsp3) is 0.250. The van der Waals surface area contributed by atoms with Crippen LogP contribution in [0.2, 0.25) is 0 Å². The third-order valence-corrected chi connectivity index (χ3v) is 4.88. The van der Waals surface area contributed by atoms with Gasteiger partial charge in [-0.15, -0.1) is 0 Å². The van der Waals surface area contributed by atoms with Crippen LogP contribution in [0.15, 0.2) is 66.7 Å². The molecule has 0 aliphatic carbocycles. The molecule has 9 heteroatoms. The summed E-state index contributed by atoms with van der Waals surface area (Å²) < 4.78 is 16.3. The SMILES string of the molecule is C=C(OC)/C(=C\C=C\Nc1ccnc(-c2ccc(OC3CCOCC3)c(C#N)c2)n1)C(N)=O. The van der Waals surface area contributed by atoms with Gasteiger partial charge >= 0.3 is 0 Å². The van der Waals surface area contributed by atoms with Gasteiger partial charge in [-0.1, -0.05) is 6.58 Å². The number of hydrogen-bond acceptors (Lipinski definition) is 8. The van der Waals surface area contributed by atoms with Gasteiger partial charge in [0.15, 0.2) is 5.82 Å². The van der Waals surface area contributed by atoms with Crippen molar-refractivity contribution in [3.05, 3.63) is 72.3 Å². The highest BCUT2D eigenvalue weighted by Gasteiger charge is 2.17. The highest BCUT2D eigenvalue weighted by molar-refractivity contribution is 5.96. The molecule has 1 saturated heterocycles. The molecular formula is C24H25N5O4. The Kier molecular flexibility index (Phi) is 8.16. The number of allylic oxidation sites excluding steroid dienone is 2. The van der Waals surface area contributed by atoms with Gasteiger partial charge in [-0.3, -0.25) is 4.79 Å². The number of amides is 1. The molecule has 0 radical (unpaired) electrons. The largest absolute Gasteiger partial charge is 0.497 e. The van der Waals surface area contributed by atoms with Crippen molar-refractivity contribution >= 4 is 11.7 Å². The minimum absolute atomic E-state index is 0.0393. The number of carbonyl (C=O) groups excluding carboxylic acids is 1. The van der Waals surface area contributed by atoms with Crippen molar-refractivity contribution in [1.29, 1.82) is 5.26 Å². The van der Waals surface area contributed by atoms with Crippen molar-refractivity contribution in [3.63, 3.8) is 0 Å². The van der Waals surface area contributed by atoms with E-state index in [9.17, 15) is 10.1 Å². The van der Waals surface area contributed by atoms with Gasteiger partial charge in [0.25, 0.3) is 5.91 Å². The number of benzene rings is 1. The van der Waals surface area contributed by atoms with Crippen molar-refractivity contribution in [2.75, 3.05) is 25.6 Å². The average molecular weight is 447 g/mol. The third-order valence-electron chi connectivity index (χ3n) is 4.88. The van der Waals surface area contributed by atoms with E-state index in [0.29, 0.717) is 41.7 Å². The summed E-state index contributed by atoms with van der Waals surface area (Å²) in [7, 11) is 1.41. The first-order valence-electron chi connectivity index (χ1n) is 10.3. The number of rotatable bonds is 9. The molecule has 33 heavy (non-hydrogen) atoms. The second-order valence-corrected chi connectivity index (χ2v) is 7.09. The van der Waals surface area contributed by atoms with Crippen LogP contribution >= 0.6 is 0 Å². The van der Waals surface area contributed by atoms with Crippen LogP contribution in [0.4, 0.5) is 5.82 Å². The van der Waals surface area contributed by atoms with Crippen LogP contribution in [0.3, 0.4) is 0 Å². The van der Waals surface area contributed by atoms with E-state index in [-0.39, 0.29) is 17.4 Å².